The number of hydrogen-bond acceptors (Lipinski definition) is 3. The van der Waals surface area contributed by atoms with Crippen molar-refractivity contribution in [2.45, 2.75) is 13.3 Å². The van der Waals surface area contributed by atoms with Crippen LogP contribution in [0.2, 0.25) is 0 Å². The Bertz CT molecular complexity index is 402. The van der Waals surface area contributed by atoms with E-state index in [0.717, 1.165) is 12.0 Å². The summed E-state index contributed by atoms with van der Waals surface area (Å²) in [6.45, 7) is 2.42. The van der Waals surface area contributed by atoms with Crippen molar-refractivity contribution in [1.29, 1.82) is 0 Å². The van der Waals surface area contributed by atoms with Gasteiger partial charge in [-0.05, 0) is 24.6 Å². The minimum Gasteiger partial charge on any atom is -0.462 e. The molecule has 3 heteroatoms. The second kappa shape index (κ2) is 3.09. The molecule has 0 N–H and O–H groups in total. The first-order chi connectivity index (χ1) is 6.31. The Labute approximate surface area is 75.6 Å². The van der Waals surface area contributed by atoms with Crippen LogP contribution in [0.1, 0.15) is 23.7 Å². The van der Waals surface area contributed by atoms with E-state index in [1.165, 1.54) is 0 Å². The molecular weight excluding hydrogens is 168 g/mol. The summed E-state index contributed by atoms with van der Waals surface area (Å²) < 4.78 is 10.2. The predicted molar refractivity (Wildman–Crippen MR) is 48.0 cm³/mol. The first kappa shape index (κ1) is 8.10. The molecule has 0 fully saturated rings. The van der Waals surface area contributed by atoms with Crippen molar-refractivity contribution in [2.75, 3.05) is 6.61 Å². The van der Waals surface area contributed by atoms with Crippen molar-refractivity contribution in [3.05, 3.63) is 23.8 Å². The van der Waals surface area contributed by atoms with Crippen molar-refractivity contribution in [1.82, 2.24) is 0 Å². The molecule has 0 spiro atoms. The van der Waals surface area contributed by atoms with E-state index in [4.69, 9.17) is 9.15 Å². The third-order valence-corrected chi connectivity index (χ3v) is 1.84. The minimum atomic E-state index is -0.295. The van der Waals surface area contributed by atoms with E-state index in [0.29, 0.717) is 17.8 Å². The van der Waals surface area contributed by atoms with E-state index in [9.17, 15) is 4.79 Å². The number of hydrogen-bond donors (Lipinski definition) is 0. The van der Waals surface area contributed by atoms with Gasteiger partial charge in [0.2, 0.25) is 0 Å². The SMILES string of the molecule is CCCOC(=O)c1cc2ccc1o2. The summed E-state index contributed by atoms with van der Waals surface area (Å²) in [6.07, 6.45) is 0.835. The van der Waals surface area contributed by atoms with Crippen molar-refractivity contribution in [3.8, 4) is 0 Å². The summed E-state index contributed by atoms with van der Waals surface area (Å²) in [7, 11) is 0. The molecule has 0 unspecified atom stereocenters. The van der Waals surface area contributed by atoms with Crippen LogP contribution in [0.25, 0.3) is 11.2 Å². The molecule has 68 valence electrons. The highest BCUT2D eigenvalue weighted by Crippen LogP contribution is 2.22. The standard InChI is InChI=1S/C10H10O3/c1-2-5-12-10(11)8-6-7-3-4-9(8)13-7/h3-4,6H,2,5H2,1H3. The molecule has 2 rings (SSSR count). The fourth-order valence-corrected chi connectivity index (χ4v) is 1.22. The maximum absolute atomic E-state index is 11.4. The molecule has 0 amide bonds. The summed E-state index contributed by atoms with van der Waals surface area (Å²) in [5.74, 6) is -0.295. The van der Waals surface area contributed by atoms with Crippen molar-refractivity contribution in [3.63, 3.8) is 0 Å². The third-order valence-electron chi connectivity index (χ3n) is 1.84. The Morgan fingerprint density at radius 3 is 2.92 bits per heavy atom. The monoisotopic (exact) mass is 178 g/mol. The summed E-state index contributed by atoms with van der Waals surface area (Å²) in [5, 5.41) is 0. The van der Waals surface area contributed by atoms with Crippen LogP contribution in [0.3, 0.4) is 0 Å². The highest BCUT2D eigenvalue weighted by atomic mass is 16.5. The number of ether oxygens (including phenoxy) is 1. The largest absolute Gasteiger partial charge is 0.462 e. The highest BCUT2D eigenvalue weighted by Gasteiger charge is 2.15. The maximum atomic E-state index is 11.4. The Kier molecular flexibility index (Phi) is 1.93. The molecule has 2 aromatic rings. The number of carbonyl (C=O) groups excluding carboxylic acids is 1. The van der Waals surface area contributed by atoms with Gasteiger partial charge in [0.05, 0.1) is 6.61 Å². The molecular formula is C10H10O3. The van der Waals surface area contributed by atoms with Crippen LogP contribution in [-0.2, 0) is 4.74 Å². The third kappa shape index (κ3) is 1.37. The molecule has 0 saturated carbocycles. The molecule has 2 heterocycles. The van der Waals surface area contributed by atoms with Gasteiger partial charge in [0.15, 0.2) is 0 Å². The fourth-order valence-electron chi connectivity index (χ4n) is 1.22. The van der Waals surface area contributed by atoms with Gasteiger partial charge in [0, 0.05) is 0 Å². The van der Waals surface area contributed by atoms with Gasteiger partial charge in [-0.25, -0.2) is 4.79 Å². The lowest BCUT2D eigenvalue weighted by Gasteiger charge is -1.99. The zero-order chi connectivity index (χ0) is 9.26. The first-order valence-corrected chi connectivity index (χ1v) is 4.30. The Balaban J connectivity index is 2.16. The quantitative estimate of drug-likeness (QED) is 0.677. The molecule has 0 aliphatic carbocycles. The van der Waals surface area contributed by atoms with Gasteiger partial charge in [0.25, 0.3) is 0 Å². The van der Waals surface area contributed by atoms with Gasteiger partial charge in [-0.2, -0.15) is 0 Å². The Morgan fingerprint density at radius 1 is 1.54 bits per heavy atom. The van der Waals surface area contributed by atoms with Crippen LogP contribution in [0.5, 0.6) is 0 Å². The fraction of sp³-hybridized carbons (Fsp3) is 0.300. The van der Waals surface area contributed by atoms with E-state index in [-0.39, 0.29) is 5.97 Å². The highest BCUT2D eigenvalue weighted by molar-refractivity contribution is 5.99. The zero-order valence-corrected chi connectivity index (χ0v) is 7.37. The van der Waals surface area contributed by atoms with Crippen molar-refractivity contribution < 1.29 is 13.9 Å². The molecule has 2 aromatic heterocycles. The molecule has 0 radical (unpaired) electrons. The van der Waals surface area contributed by atoms with Crippen LogP contribution in [0.15, 0.2) is 22.6 Å². The van der Waals surface area contributed by atoms with E-state index in [1.807, 2.05) is 13.0 Å². The summed E-state index contributed by atoms with van der Waals surface area (Å²) in [4.78, 5) is 11.4. The molecule has 0 aliphatic heterocycles. The number of benzene rings is 1. The normalized spacial score (nSPS) is 10.8. The number of furan rings is 2. The molecule has 0 saturated heterocycles. The van der Waals surface area contributed by atoms with Crippen molar-refractivity contribution >= 4 is 17.1 Å². The molecule has 0 aromatic carbocycles. The van der Waals surface area contributed by atoms with E-state index < -0.39 is 0 Å². The van der Waals surface area contributed by atoms with Crippen LogP contribution in [0, 0.1) is 0 Å². The second-order valence-corrected chi connectivity index (χ2v) is 2.90. The molecule has 0 atom stereocenters. The van der Waals surface area contributed by atoms with E-state index in [1.54, 1.807) is 12.1 Å². The average Bonchev–Trinajstić information content (AvgIpc) is 2.74. The summed E-state index contributed by atoms with van der Waals surface area (Å²) in [6, 6.07) is 5.30. The average molecular weight is 178 g/mol. The lowest BCUT2D eigenvalue weighted by Crippen LogP contribution is -2.04. The van der Waals surface area contributed by atoms with Crippen LogP contribution >= 0.6 is 0 Å². The van der Waals surface area contributed by atoms with Gasteiger partial charge in [0.1, 0.15) is 16.7 Å². The van der Waals surface area contributed by atoms with Crippen LogP contribution in [0.4, 0.5) is 0 Å². The molecule has 3 nitrogen and oxygen atoms in total. The number of carbonyl (C=O) groups is 1. The van der Waals surface area contributed by atoms with Crippen LogP contribution in [-0.4, -0.2) is 12.6 Å². The van der Waals surface area contributed by atoms with Crippen LogP contribution < -0.4 is 0 Å². The van der Waals surface area contributed by atoms with Gasteiger partial charge >= 0.3 is 5.97 Å². The van der Waals surface area contributed by atoms with Gasteiger partial charge < -0.3 is 9.15 Å². The molecule has 2 bridgehead atoms. The van der Waals surface area contributed by atoms with E-state index >= 15 is 0 Å². The molecule has 13 heavy (non-hydrogen) atoms. The number of esters is 1. The predicted octanol–water partition coefficient (Wildman–Crippen LogP) is 2.44. The zero-order valence-electron chi connectivity index (χ0n) is 7.37. The van der Waals surface area contributed by atoms with E-state index in [2.05, 4.69) is 0 Å². The minimum absolute atomic E-state index is 0.295. The van der Waals surface area contributed by atoms with Gasteiger partial charge in [-0.15, -0.1) is 0 Å². The van der Waals surface area contributed by atoms with Gasteiger partial charge in [-0.1, -0.05) is 6.92 Å². The topological polar surface area (TPSA) is 39.4 Å². The smallest absolute Gasteiger partial charge is 0.342 e. The number of rotatable bonds is 3. The lowest BCUT2D eigenvalue weighted by molar-refractivity contribution is 0.0507. The van der Waals surface area contributed by atoms with Crippen molar-refractivity contribution in [2.24, 2.45) is 0 Å². The second-order valence-electron chi connectivity index (χ2n) is 2.90. The summed E-state index contributed by atoms with van der Waals surface area (Å²) in [5.41, 5.74) is 1.86. The first-order valence-electron chi connectivity index (χ1n) is 4.30. The molecule has 0 aliphatic rings. The summed E-state index contributed by atoms with van der Waals surface area (Å²) >= 11 is 0. The Morgan fingerprint density at radius 2 is 2.38 bits per heavy atom. The Hall–Kier alpha value is -1.51. The lowest BCUT2D eigenvalue weighted by atomic mass is 10.2. The van der Waals surface area contributed by atoms with Gasteiger partial charge in [-0.3, -0.25) is 0 Å². The maximum Gasteiger partial charge on any atom is 0.342 e. The number of fused-ring (bicyclic) bond motifs is 2.